The molecular weight excluding hydrogens is 340 g/mol. The Kier molecular flexibility index (Phi) is 4.67. The Balaban J connectivity index is 1.85. The molecule has 25 heavy (non-hydrogen) atoms. The van der Waals surface area contributed by atoms with Crippen LogP contribution in [0.1, 0.15) is 31.3 Å². The first-order chi connectivity index (χ1) is 12.0. The number of methoxy groups -OCH3 is 1. The second-order valence-corrected chi connectivity index (χ2v) is 6.60. The molecule has 0 radical (unpaired) electrons. The molecule has 0 unspecified atom stereocenters. The first kappa shape index (κ1) is 16.9. The minimum absolute atomic E-state index is 0.137. The minimum Gasteiger partial charge on any atom is -0.465 e. The van der Waals surface area contributed by atoms with Gasteiger partial charge in [0, 0.05) is 16.5 Å². The molecule has 2 heterocycles. The van der Waals surface area contributed by atoms with E-state index in [1.165, 1.54) is 18.4 Å². The van der Waals surface area contributed by atoms with Crippen LogP contribution in [0.3, 0.4) is 0 Å². The number of esters is 1. The van der Waals surface area contributed by atoms with Gasteiger partial charge in [-0.05, 0) is 19.4 Å². The molecule has 128 valence electrons. The maximum atomic E-state index is 12.5. The summed E-state index contributed by atoms with van der Waals surface area (Å²) in [5, 5.41) is 6.98. The third-order valence-corrected chi connectivity index (χ3v) is 4.93. The van der Waals surface area contributed by atoms with Crippen LogP contribution < -0.4 is 5.32 Å². The van der Waals surface area contributed by atoms with Gasteiger partial charge in [0.15, 0.2) is 11.5 Å². The predicted molar refractivity (Wildman–Crippen MR) is 95.0 cm³/mol. The van der Waals surface area contributed by atoms with Crippen molar-refractivity contribution in [2.45, 2.75) is 13.8 Å². The molecule has 7 heteroatoms. The van der Waals surface area contributed by atoms with Crippen LogP contribution in [-0.2, 0) is 4.74 Å². The fourth-order valence-corrected chi connectivity index (χ4v) is 3.39. The van der Waals surface area contributed by atoms with Crippen molar-refractivity contribution in [1.82, 2.24) is 5.16 Å². The molecule has 3 rings (SSSR count). The van der Waals surface area contributed by atoms with Crippen molar-refractivity contribution < 1.29 is 18.8 Å². The Morgan fingerprint density at radius 1 is 1.20 bits per heavy atom. The van der Waals surface area contributed by atoms with Crippen molar-refractivity contribution in [3.8, 4) is 11.3 Å². The Hall–Kier alpha value is -2.93. The van der Waals surface area contributed by atoms with E-state index in [0.29, 0.717) is 16.3 Å². The van der Waals surface area contributed by atoms with Crippen molar-refractivity contribution in [2.75, 3.05) is 12.4 Å². The lowest BCUT2D eigenvalue weighted by Gasteiger charge is -2.04. The molecule has 0 bridgehead atoms. The Morgan fingerprint density at radius 3 is 2.60 bits per heavy atom. The van der Waals surface area contributed by atoms with Crippen LogP contribution in [0.4, 0.5) is 5.00 Å². The number of hydrogen-bond acceptors (Lipinski definition) is 6. The molecule has 0 saturated heterocycles. The summed E-state index contributed by atoms with van der Waals surface area (Å²) in [6.07, 6.45) is 0. The summed E-state index contributed by atoms with van der Waals surface area (Å²) in [4.78, 5) is 25.4. The molecule has 0 saturated carbocycles. The summed E-state index contributed by atoms with van der Waals surface area (Å²) in [7, 11) is 1.31. The first-order valence-corrected chi connectivity index (χ1v) is 8.34. The number of anilines is 1. The number of thiophene rings is 1. The maximum Gasteiger partial charge on any atom is 0.341 e. The summed E-state index contributed by atoms with van der Waals surface area (Å²) < 4.78 is 10.0. The molecule has 0 aliphatic heterocycles. The van der Waals surface area contributed by atoms with Gasteiger partial charge in [0.05, 0.1) is 12.7 Å². The summed E-state index contributed by atoms with van der Waals surface area (Å²) in [6.45, 7) is 3.70. The quantitative estimate of drug-likeness (QED) is 0.713. The van der Waals surface area contributed by atoms with E-state index in [-0.39, 0.29) is 5.69 Å². The van der Waals surface area contributed by atoms with Gasteiger partial charge in [-0.2, -0.15) is 0 Å². The summed E-state index contributed by atoms with van der Waals surface area (Å²) in [5.74, 6) is -0.433. The van der Waals surface area contributed by atoms with Crippen LogP contribution in [0.25, 0.3) is 11.3 Å². The van der Waals surface area contributed by atoms with E-state index in [0.717, 1.165) is 16.0 Å². The Morgan fingerprint density at radius 2 is 1.92 bits per heavy atom. The molecule has 0 atom stereocenters. The number of nitrogens with one attached hydrogen (secondary N) is 1. The third-order valence-electron chi connectivity index (χ3n) is 3.80. The van der Waals surface area contributed by atoms with Crippen LogP contribution in [0.15, 0.2) is 40.9 Å². The van der Waals surface area contributed by atoms with Gasteiger partial charge in [0.25, 0.3) is 5.91 Å². The fourth-order valence-electron chi connectivity index (χ4n) is 2.35. The fraction of sp³-hybridized carbons (Fsp3) is 0.167. The van der Waals surface area contributed by atoms with Crippen LogP contribution in [0, 0.1) is 13.8 Å². The molecule has 0 aliphatic rings. The van der Waals surface area contributed by atoms with E-state index in [4.69, 9.17) is 9.26 Å². The lowest BCUT2D eigenvalue weighted by atomic mass is 10.1. The van der Waals surface area contributed by atoms with E-state index in [2.05, 4.69) is 10.5 Å². The Bertz CT molecular complexity index is 928. The van der Waals surface area contributed by atoms with Gasteiger partial charge in [-0.25, -0.2) is 4.79 Å². The number of rotatable bonds is 4. The highest BCUT2D eigenvalue weighted by molar-refractivity contribution is 7.16. The molecular formula is C18H16N2O4S. The van der Waals surface area contributed by atoms with Crippen molar-refractivity contribution >= 4 is 28.2 Å². The highest BCUT2D eigenvalue weighted by atomic mass is 32.1. The second kappa shape index (κ2) is 6.90. The van der Waals surface area contributed by atoms with Gasteiger partial charge in [0.2, 0.25) is 0 Å². The molecule has 2 aromatic heterocycles. The molecule has 6 nitrogen and oxygen atoms in total. The molecule has 1 amide bonds. The number of aryl methyl sites for hydroxylation is 1. The average molecular weight is 356 g/mol. The normalized spacial score (nSPS) is 10.5. The first-order valence-electron chi connectivity index (χ1n) is 7.53. The number of carbonyl (C=O) groups is 2. The third kappa shape index (κ3) is 3.32. The van der Waals surface area contributed by atoms with E-state index >= 15 is 0 Å². The standard InChI is InChI=1S/C18H16N2O4S/c1-10-11(2)25-17(15(10)18(22)23-3)19-16(21)13-9-14(24-20-13)12-7-5-4-6-8-12/h4-9H,1-3H3,(H,19,21). The second-order valence-electron chi connectivity index (χ2n) is 5.38. The molecule has 0 spiro atoms. The lowest BCUT2D eigenvalue weighted by molar-refractivity contribution is 0.0601. The minimum atomic E-state index is -0.484. The number of aromatic nitrogens is 1. The smallest absolute Gasteiger partial charge is 0.341 e. The van der Waals surface area contributed by atoms with Crippen LogP contribution in [0.5, 0.6) is 0 Å². The van der Waals surface area contributed by atoms with Crippen LogP contribution in [0.2, 0.25) is 0 Å². The average Bonchev–Trinajstić information content (AvgIpc) is 3.21. The largest absolute Gasteiger partial charge is 0.465 e. The van der Waals surface area contributed by atoms with Gasteiger partial charge in [0.1, 0.15) is 5.00 Å². The molecule has 3 aromatic rings. The van der Waals surface area contributed by atoms with E-state index in [9.17, 15) is 9.59 Å². The van der Waals surface area contributed by atoms with Gasteiger partial charge < -0.3 is 14.6 Å². The lowest BCUT2D eigenvalue weighted by Crippen LogP contribution is -2.14. The summed E-state index contributed by atoms with van der Waals surface area (Å²) in [6, 6.07) is 10.9. The van der Waals surface area contributed by atoms with Gasteiger partial charge in [-0.1, -0.05) is 35.5 Å². The topological polar surface area (TPSA) is 81.4 Å². The summed E-state index contributed by atoms with van der Waals surface area (Å²) >= 11 is 1.32. The number of carbonyl (C=O) groups excluding carboxylic acids is 2. The van der Waals surface area contributed by atoms with Crippen molar-refractivity contribution in [1.29, 1.82) is 0 Å². The van der Waals surface area contributed by atoms with Crippen molar-refractivity contribution in [2.24, 2.45) is 0 Å². The van der Waals surface area contributed by atoms with E-state index in [1.54, 1.807) is 6.07 Å². The highest BCUT2D eigenvalue weighted by Gasteiger charge is 2.23. The zero-order chi connectivity index (χ0) is 18.0. The number of hydrogen-bond donors (Lipinski definition) is 1. The van der Waals surface area contributed by atoms with E-state index in [1.807, 2.05) is 44.2 Å². The predicted octanol–water partition coefficient (Wildman–Crippen LogP) is 4.06. The van der Waals surface area contributed by atoms with Gasteiger partial charge in [-0.3, -0.25) is 4.79 Å². The monoisotopic (exact) mass is 356 g/mol. The van der Waals surface area contributed by atoms with Crippen LogP contribution in [-0.4, -0.2) is 24.1 Å². The summed E-state index contributed by atoms with van der Waals surface area (Å²) in [5.41, 5.74) is 2.12. The van der Waals surface area contributed by atoms with Gasteiger partial charge in [-0.15, -0.1) is 11.3 Å². The maximum absolute atomic E-state index is 12.5. The molecule has 1 aromatic carbocycles. The number of benzene rings is 1. The number of ether oxygens (including phenoxy) is 1. The van der Waals surface area contributed by atoms with Crippen LogP contribution >= 0.6 is 11.3 Å². The highest BCUT2D eigenvalue weighted by Crippen LogP contribution is 2.33. The molecule has 1 N–H and O–H groups in total. The van der Waals surface area contributed by atoms with Crippen molar-refractivity contribution in [3.63, 3.8) is 0 Å². The van der Waals surface area contributed by atoms with Crippen molar-refractivity contribution in [3.05, 3.63) is 58.1 Å². The molecule has 0 fully saturated rings. The number of nitrogens with zero attached hydrogens (tertiary/aromatic N) is 1. The van der Waals surface area contributed by atoms with E-state index < -0.39 is 11.9 Å². The Labute approximate surface area is 148 Å². The van der Waals surface area contributed by atoms with Gasteiger partial charge >= 0.3 is 5.97 Å². The number of amides is 1. The molecule has 0 aliphatic carbocycles. The SMILES string of the molecule is COC(=O)c1c(NC(=O)c2cc(-c3ccccc3)on2)sc(C)c1C. The zero-order valence-corrected chi connectivity index (χ0v) is 14.8. The zero-order valence-electron chi connectivity index (χ0n) is 14.0.